The van der Waals surface area contributed by atoms with Crippen LogP contribution >= 0.6 is 0 Å². The first kappa shape index (κ1) is 16.2. The lowest BCUT2D eigenvalue weighted by molar-refractivity contribution is -0.122. The van der Waals surface area contributed by atoms with E-state index >= 15 is 0 Å². The lowest BCUT2D eigenvalue weighted by Gasteiger charge is -2.16. The van der Waals surface area contributed by atoms with Gasteiger partial charge in [-0.2, -0.15) is 5.10 Å². The van der Waals surface area contributed by atoms with Gasteiger partial charge in [-0.05, 0) is 32.3 Å². The van der Waals surface area contributed by atoms with Crippen molar-refractivity contribution in [1.82, 2.24) is 20.4 Å². The van der Waals surface area contributed by atoms with E-state index in [1.54, 1.807) is 13.1 Å². The van der Waals surface area contributed by atoms with Crippen molar-refractivity contribution >= 4 is 11.8 Å². The van der Waals surface area contributed by atoms with E-state index in [9.17, 15) is 9.59 Å². The first-order chi connectivity index (χ1) is 9.29. The van der Waals surface area contributed by atoms with Crippen LogP contribution in [0.15, 0.2) is 6.07 Å². The van der Waals surface area contributed by atoms with Crippen molar-refractivity contribution in [3.05, 3.63) is 17.5 Å². The van der Waals surface area contributed by atoms with Crippen molar-refractivity contribution in [3.8, 4) is 0 Å². The number of rotatable bonds is 6. The molecule has 6 nitrogen and oxygen atoms in total. The molecule has 0 fully saturated rings. The number of carbonyl (C=O) groups excluding carboxylic acids is 2. The molecule has 0 spiro atoms. The van der Waals surface area contributed by atoms with E-state index in [4.69, 9.17) is 0 Å². The molecule has 0 aliphatic heterocycles. The van der Waals surface area contributed by atoms with Crippen molar-refractivity contribution in [2.24, 2.45) is 5.92 Å². The second-order valence-electron chi connectivity index (χ2n) is 5.76. The number of aromatic nitrogens is 2. The summed E-state index contributed by atoms with van der Waals surface area (Å²) in [6.07, 6.45) is 0.845. The van der Waals surface area contributed by atoms with Crippen LogP contribution in [-0.4, -0.2) is 46.5 Å². The molecule has 2 N–H and O–H groups in total. The fourth-order valence-corrected chi connectivity index (χ4v) is 1.87. The summed E-state index contributed by atoms with van der Waals surface area (Å²) in [4.78, 5) is 25.1. The molecule has 0 bridgehead atoms. The van der Waals surface area contributed by atoms with E-state index in [1.807, 2.05) is 13.8 Å². The predicted octanol–water partition coefficient (Wildman–Crippen LogP) is 1.20. The van der Waals surface area contributed by atoms with Gasteiger partial charge in [-0.25, -0.2) is 0 Å². The van der Waals surface area contributed by atoms with E-state index in [0.717, 1.165) is 12.1 Å². The molecule has 0 aliphatic carbocycles. The summed E-state index contributed by atoms with van der Waals surface area (Å²) in [5.41, 5.74) is 1.28. The highest BCUT2D eigenvalue weighted by Gasteiger charge is 2.18. The van der Waals surface area contributed by atoms with Gasteiger partial charge in [-0.15, -0.1) is 0 Å². The van der Waals surface area contributed by atoms with Crippen LogP contribution in [0, 0.1) is 5.92 Å². The lowest BCUT2D eigenvalue weighted by Crippen LogP contribution is -2.40. The highest BCUT2D eigenvalue weighted by molar-refractivity contribution is 5.94. The molecule has 0 saturated carbocycles. The zero-order valence-corrected chi connectivity index (χ0v) is 12.9. The van der Waals surface area contributed by atoms with Gasteiger partial charge in [0.1, 0.15) is 5.69 Å². The molecule has 1 aromatic rings. The SMILES string of the molecule is CC(C)Cc1cc(C(=O)N(C)CC(=O)NC(C)C)n[nH]1. The van der Waals surface area contributed by atoms with Crippen molar-refractivity contribution in [1.29, 1.82) is 0 Å². The molecule has 0 unspecified atom stereocenters. The molecule has 6 heteroatoms. The summed E-state index contributed by atoms with van der Waals surface area (Å²) in [7, 11) is 1.60. The third-order valence-electron chi connectivity index (χ3n) is 2.66. The van der Waals surface area contributed by atoms with Crippen molar-refractivity contribution in [2.75, 3.05) is 13.6 Å². The van der Waals surface area contributed by atoms with Crippen LogP contribution in [-0.2, 0) is 11.2 Å². The summed E-state index contributed by atoms with van der Waals surface area (Å²) < 4.78 is 0. The van der Waals surface area contributed by atoms with Crippen molar-refractivity contribution < 1.29 is 9.59 Å². The molecule has 1 aromatic heterocycles. The Balaban J connectivity index is 2.60. The second-order valence-corrected chi connectivity index (χ2v) is 5.76. The highest BCUT2D eigenvalue weighted by Crippen LogP contribution is 2.08. The van der Waals surface area contributed by atoms with E-state index in [2.05, 4.69) is 29.4 Å². The Labute approximate surface area is 119 Å². The standard InChI is InChI=1S/C14H24N4O2/c1-9(2)6-11-7-12(17-16-11)14(20)18(5)8-13(19)15-10(3)4/h7,9-10H,6,8H2,1-5H3,(H,15,19)(H,16,17). The molecule has 0 aromatic carbocycles. The second kappa shape index (κ2) is 7.07. The Morgan fingerprint density at radius 3 is 2.55 bits per heavy atom. The molecule has 0 radical (unpaired) electrons. The fourth-order valence-electron chi connectivity index (χ4n) is 1.87. The molecule has 0 saturated heterocycles. The molecule has 112 valence electrons. The summed E-state index contributed by atoms with van der Waals surface area (Å²) in [5.74, 6) is 0.0666. The van der Waals surface area contributed by atoms with Crippen molar-refractivity contribution in [3.63, 3.8) is 0 Å². The number of hydrogen-bond donors (Lipinski definition) is 2. The van der Waals surface area contributed by atoms with Gasteiger partial charge in [-0.1, -0.05) is 13.8 Å². The average Bonchev–Trinajstić information content (AvgIpc) is 2.74. The molecule has 0 aliphatic rings. The molecular formula is C14H24N4O2. The third-order valence-corrected chi connectivity index (χ3v) is 2.66. The largest absolute Gasteiger partial charge is 0.352 e. The van der Waals surface area contributed by atoms with Gasteiger partial charge < -0.3 is 10.2 Å². The molecule has 2 amide bonds. The van der Waals surface area contributed by atoms with Gasteiger partial charge in [0.25, 0.3) is 5.91 Å². The maximum atomic E-state index is 12.1. The predicted molar refractivity (Wildman–Crippen MR) is 77.4 cm³/mol. The minimum Gasteiger partial charge on any atom is -0.352 e. The number of nitrogens with one attached hydrogen (secondary N) is 2. The van der Waals surface area contributed by atoms with Crippen LogP contribution in [0.5, 0.6) is 0 Å². The quantitative estimate of drug-likeness (QED) is 0.822. The maximum absolute atomic E-state index is 12.1. The average molecular weight is 280 g/mol. The number of nitrogens with zero attached hydrogens (tertiary/aromatic N) is 2. The summed E-state index contributed by atoms with van der Waals surface area (Å²) >= 11 is 0. The van der Waals surface area contributed by atoms with E-state index < -0.39 is 0 Å². The Bertz CT molecular complexity index is 465. The zero-order chi connectivity index (χ0) is 15.3. The van der Waals surface area contributed by atoms with Crippen LogP contribution in [0.2, 0.25) is 0 Å². The van der Waals surface area contributed by atoms with Gasteiger partial charge in [-0.3, -0.25) is 14.7 Å². The Morgan fingerprint density at radius 1 is 1.35 bits per heavy atom. The number of amides is 2. The van der Waals surface area contributed by atoms with Crippen molar-refractivity contribution in [2.45, 2.75) is 40.2 Å². The molecule has 1 heterocycles. The van der Waals surface area contributed by atoms with E-state index in [-0.39, 0.29) is 24.4 Å². The van der Waals surface area contributed by atoms with Gasteiger partial charge in [0.05, 0.1) is 6.54 Å². The van der Waals surface area contributed by atoms with Crippen LogP contribution in [0.1, 0.15) is 43.9 Å². The first-order valence-corrected chi connectivity index (χ1v) is 6.88. The van der Waals surface area contributed by atoms with Gasteiger partial charge >= 0.3 is 0 Å². The zero-order valence-electron chi connectivity index (χ0n) is 12.9. The number of likely N-dealkylation sites (N-methyl/N-ethyl adjacent to an activating group) is 1. The molecule has 1 rings (SSSR count). The van der Waals surface area contributed by atoms with E-state index in [1.165, 1.54) is 4.90 Å². The number of hydrogen-bond acceptors (Lipinski definition) is 3. The van der Waals surface area contributed by atoms with Gasteiger partial charge in [0, 0.05) is 18.8 Å². The van der Waals surface area contributed by atoms with Crippen LogP contribution in [0.3, 0.4) is 0 Å². The van der Waals surface area contributed by atoms with E-state index in [0.29, 0.717) is 11.6 Å². The smallest absolute Gasteiger partial charge is 0.274 e. The number of carbonyl (C=O) groups is 2. The normalized spacial score (nSPS) is 10.9. The molecule has 20 heavy (non-hydrogen) atoms. The topological polar surface area (TPSA) is 78.1 Å². The maximum Gasteiger partial charge on any atom is 0.274 e. The molecule has 0 atom stereocenters. The Hall–Kier alpha value is -1.85. The summed E-state index contributed by atoms with van der Waals surface area (Å²) in [6, 6.07) is 1.81. The van der Waals surface area contributed by atoms with Crippen LogP contribution < -0.4 is 5.32 Å². The lowest BCUT2D eigenvalue weighted by atomic mass is 10.1. The number of H-pyrrole nitrogens is 1. The minimum absolute atomic E-state index is 0.0311. The number of aromatic amines is 1. The Morgan fingerprint density at radius 2 is 2.00 bits per heavy atom. The molecular weight excluding hydrogens is 256 g/mol. The Kier molecular flexibility index (Phi) is 5.73. The monoisotopic (exact) mass is 280 g/mol. The first-order valence-electron chi connectivity index (χ1n) is 6.88. The van der Waals surface area contributed by atoms with Gasteiger partial charge in [0.2, 0.25) is 5.91 Å². The summed E-state index contributed by atoms with van der Waals surface area (Å²) in [6.45, 7) is 8.00. The van der Waals surface area contributed by atoms with Crippen LogP contribution in [0.25, 0.3) is 0 Å². The summed E-state index contributed by atoms with van der Waals surface area (Å²) in [5, 5.41) is 9.62. The van der Waals surface area contributed by atoms with Gasteiger partial charge in [0.15, 0.2) is 0 Å². The minimum atomic E-state index is -0.254. The van der Waals surface area contributed by atoms with Crippen LogP contribution in [0.4, 0.5) is 0 Å². The highest BCUT2D eigenvalue weighted by atomic mass is 16.2. The fraction of sp³-hybridized carbons (Fsp3) is 0.643. The third kappa shape index (κ3) is 5.03.